The van der Waals surface area contributed by atoms with E-state index < -0.39 is 0 Å². The lowest BCUT2D eigenvalue weighted by molar-refractivity contribution is 0.174. The molecule has 0 saturated heterocycles. The van der Waals surface area contributed by atoms with Gasteiger partial charge in [0.1, 0.15) is 6.61 Å². The Bertz CT molecular complexity index is 597. The molecule has 5 nitrogen and oxygen atoms in total. The minimum atomic E-state index is 0.290. The van der Waals surface area contributed by atoms with Gasteiger partial charge in [0, 0.05) is 13.1 Å². The number of hydrogen-bond donors (Lipinski definition) is 0. The van der Waals surface area contributed by atoms with Crippen LogP contribution in [0.2, 0.25) is 0 Å². The number of rotatable bonds is 1. The molecule has 0 saturated carbocycles. The number of amidine groups is 1. The van der Waals surface area contributed by atoms with Gasteiger partial charge in [-0.2, -0.15) is 0 Å². The van der Waals surface area contributed by atoms with E-state index in [4.69, 9.17) is 19.2 Å². The van der Waals surface area contributed by atoms with Gasteiger partial charge in [0.2, 0.25) is 6.79 Å². The van der Waals surface area contributed by atoms with Gasteiger partial charge >= 0.3 is 0 Å². The third-order valence-corrected chi connectivity index (χ3v) is 4.41. The van der Waals surface area contributed by atoms with Gasteiger partial charge in [-0.3, -0.25) is 0 Å². The fourth-order valence-electron chi connectivity index (χ4n) is 3.00. The van der Waals surface area contributed by atoms with Crippen LogP contribution >= 0.6 is 0 Å². The van der Waals surface area contributed by atoms with Gasteiger partial charge in [-0.25, -0.2) is 4.99 Å². The number of fused-ring (bicyclic) bond motifs is 2. The third kappa shape index (κ3) is 2.20. The molecule has 3 heterocycles. The molecule has 0 radical (unpaired) electrons. The van der Waals surface area contributed by atoms with E-state index in [1.165, 1.54) is 11.1 Å². The maximum atomic E-state index is 5.79. The van der Waals surface area contributed by atoms with Crippen LogP contribution in [0.5, 0.6) is 11.5 Å². The molecule has 5 heteroatoms. The molecule has 21 heavy (non-hydrogen) atoms. The molecular formula is C16H20N2O3. The second-order valence-corrected chi connectivity index (χ2v) is 6.18. The second kappa shape index (κ2) is 4.83. The van der Waals surface area contributed by atoms with E-state index >= 15 is 0 Å². The molecule has 112 valence electrons. The summed E-state index contributed by atoms with van der Waals surface area (Å²) in [5.74, 6) is 2.25. The van der Waals surface area contributed by atoms with Crippen molar-refractivity contribution in [2.45, 2.75) is 32.9 Å². The van der Waals surface area contributed by atoms with E-state index in [1.807, 2.05) is 0 Å². The lowest BCUT2D eigenvalue weighted by Crippen LogP contribution is -2.36. The number of ether oxygens (including phenoxy) is 3. The topological polar surface area (TPSA) is 43.3 Å². The molecule has 0 amide bonds. The van der Waals surface area contributed by atoms with Gasteiger partial charge in [0.25, 0.3) is 6.02 Å². The summed E-state index contributed by atoms with van der Waals surface area (Å²) < 4.78 is 16.7. The van der Waals surface area contributed by atoms with Crippen molar-refractivity contribution >= 4 is 6.02 Å². The summed E-state index contributed by atoms with van der Waals surface area (Å²) in [7, 11) is 0. The van der Waals surface area contributed by atoms with Crippen molar-refractivity contribution in [1.82, 2.24) is 4.90 Å². The number of nitrogens with zero attached hydrogens (tertiary/aromatic N) is 2. The summed E-state index contributed by atoms with van der Waals surface area (Å²) in [6.45, 7) is 7.18. The Labute approximate surface area is 124 Å². The summed E-state index contributed by atoms with van der Waals surface area (Å²) in [6, 6.07) is 5.30. The average molecular weight is 288 g/mol. The van der Waals surface area contributed by atoms with Gasteiger partial charge in [-0.15, -0.1) is 0 Å². The second-order valence-electron chi connectivity index (χ2n) is 6.18. The predicted octanol–water partition coefficient (Wildman–Crippen LogP) is 2.18. The van der Waals surface area contributed by atoms with Gasteiger partial charge < -0.3 is 19.1 Å². The van der Waals surface area contributed by atoms with Crippen molar-refractivity contribution in [2.24, 2.45) is 10.9 Å². The van der Waals surface area contributed by atoms with E-state index in [0.717, 1.165) is 37.0 Å². The standard InChI is InChI=1S/C16H20N2O3/c1-10(2)13-8-19-16(17-13)18-4-3-11-5-14-15(21-9-20-14)6-12(11)7-18/h5-6,10,13H,3-4,7-9H2,1-2H3/t13-/m1/s1. The molecular weight excluding hydrogens is 268 g/mol. The predicted molar refractivity (Wildman–Crippen MR) is 78.7 cm³/mol. The normalized spacial score (nSPS) is 23.1. The average Bonchev–Trinajstić information content (AvgIpc) is 3.13. The molecule has 0 fully saturated rings. The molecule has 1 atom stereocenters. The first-order valence-electron chi connectivity index (χ1n) is 7.57. The van der Waals surface area contributed by atoms with Crippen LogP contribution in [0, 0.1) is 5.92 Å². The molecule has 0 spiro atoms. The SMILES string of the molecule is CC(C)[C@H]1COC(N2CCc3cc4c(cc3C2)OCO4)=N1. The van der Waals surface area contributed by atoms with Crippen molar-refractivity contribution < 1.29 is 14.2 Å². The van der Waals surface area contributed by atoms with Crippen LogP contribution in [0.4, 0.5) is 0 Å². The highest BCUT2D eigenvalue weighted by Gasteiger charge is 2.29. The molecule has 0 aliphatic carbocycles. The molecule has 3 aliphatic heterocycles. The number of benzene rings is 1. The van der Waals surface area contributed by atoms with Crippen molar-refractivity contribution in [3.8, 4) is 11.5 Å². The van der Waals surface area contributed by atoms with Gasteiger partial charge in [0.05, 0.1) is 6.04 Å². The summed E-state index contributed by atoms with van der Waals surface area (Å²) in [4.78, 5) is 6.95. The molecule has 0 N–H and O–H groups in total. The molecule has 4 rings (SSSR count). The van der Waals surface area contributed by atoms with Crippen LogP contribution in [-0.2, 0) is 17.7 Å². The van der Waals surface area contributed by atoms with Crippen LogP contribution < -0.4 is 9.47 Å². The molecule has 0 aromatic heterocycles. The molecule has 0 bridgehead atoms. The smallest absolute Gasteiger partial charge is 0.288 e. The largest absolute Gasteiger partial charge is 0.463 e. The van der Waals surface area contributed by atoms with E-state index in [9.17, 15) is 0 Å². The highest BCUT2D eigenvalue weighted by atomic mass is 16.7. The quantitative estimate of drug-likeness (QED) is 0.794. The van der Waals surface area contributed by atoms with E-state index in [0.29, 0.717) is 19.3 Å². The van der Waals surface area contributed by atoms with Crippen molar-refractivity contribution in [1.29, 1.82) is 0 Å². The maximum Gasteiger partial charge on any atom is 0.288 e. The number of hydrogen-bond acceptors (Lipinski definition) is 5. The molecule has 3 aliphatic rings. The highest BCUT2D eigenvalue weighted by molar-refractivity contribution is 5.76. The maximum absolute atomic E-state index is 5.79. The Morgan fingerprint density at radius 2 is 1.90 bits per heavy atom. The van der Waals surface area contributed by atoms with Gasteiger partial charge in [-0.05, 0) is 35.6 Å². The first-order chi connectivity index (χ1) is 10.2. The van der Waals surface area contributed by atoms with Crippen molar-refractivity contribution in [3.05, 3.63) is 23.3 Å². The first-order valence-corrected chi connectivity index (χ1v) is 7.57. The highest BCUT2D eigenvalue weighted by Crippen LogP contribution is 2.37. The molecule has 0 unspecified atom stereocenters. The van der Waals surface area contributed by atoms with Crippen LogP contribution in [-0.4, -0.2) is 36.9 Å². The van der Waals surface area contributed by atoms with E-state index in [1.54, 1.807) is 0 Å². The Morgan fingerprint density at radius 3 is 2.62 bits per heavy atom. The van der Waals surface area contributed by atoms with Crippen molar-refractivity contribution in [2.75, 3.05) is 19.9 Å². The van der Waals surface area contributed by atoms with Crippen LogP contribution in [0.25, 0.3) is 0 Å². The molecule has 1 aromatic carbocycles. The molecule has 1 aromatic rings. The summed E-state index contributed by atoms with van der Waals surface area (Å²) in [6.07, 6.45) is 0.987. The number of aliphatic imine (C=N–C) groups is 1. The lowest BCUT2D eigenvalue weighted by Gasteiger charge is -2.29. The Hall–Kier alpha value is -1.91. The lowest BCUT2D eigenvalue weighted by atomic mass is 9.99. The van der Waals surface area contributed by atoms with Gasteiger partial charge in [-0.1, -0.05) is 13.8 Å². The minimum absolute atomic E-state index is 0.290. The van der Waals surface area contributed by atoms with E-state index in [-0.39, 0.29) is 6.04 Å². The van der Waals surface area contributed by atoms with Crippen LogP contribution in [0.3, 0.4) is 0 Å². The first kappa shape index (κ1) is 12.8. The van der Waals surface area contributed by atoms with Crippen LogP contribution in [0.15, 0.2) is 17.1 Å². The Balaban J connectivity index is 1.56. The summed E-state index contributed by atoms with van der Waals surface area (Å²) in [5, 5.41) is 0. The monoisotopic (exact) mass is 288 g/mol. The zero-order valence-corrected chi connectivity index (χ0v) is 12.5. The Kier molecular flexibility index (Phi) is 2.94. The summed E-state index contributed by atoms with van der Waals surface area (Å²) >= 11 is 0. The fraction of sp³-hybridized carbons (Fsp3) is 0.562. The van der Waals surface area contributed by atoms with Crippen molar-refractivity contribution in [3.63, 3.8) is 0 Å². The minimum Gasteiger partial charge on any atom is -0.463 e. The van der Waals surface area contributed by atoms with E-state index in [2.05, 4.69) is 30.9 Å². The summed E-state index contributed by atoms with van der Waals surface area (Å²) in [5.41, 5.74) is 2.62. The third-order valence-electron chi connectivity index (χ3n) is 4.41. The Morgan fingerprint density at radius 1 is 1.14 bits per heavy atom. The zero-order valence-electron chi connectivity index (χ0n) is 12.5. The van der Waals surface area contributed by atoms with Gasteiger partial charge in [0.15, 0.2) is 11.5 Å². The van der Waals surface area contributed by atoms with Crippen LogP contribution in [0.1, 0.15) is 25.0 Å². The zero-order chi connectivity index (χ0) is 14.4. The fourth-order valence-corrected chi connectivity index (χ4v) is 3.00.